The number of nitrogens with zero attached hydrogens (tertiary/aromatic N) is 2. The van der Waals surface area contributed by atoms with Crippen LogP contribution in [0.5, 0.6) is 5.75 Å². The lowest BCUT2D eigenvalue weighted by Crippen LogP contribution is -2.17. The number of amides is 1. The van der Waals surface area contributed by atoms with Gasteiger partial charge in [0.25, 0.3) is 5.91 Å². The quantitative estimate of drug-likeness (QED) is 0.898. The predicted molar refractivity (Wildman–Crippen MR) is 79.8 cm³/mol. The summed E-state index contributed by atoms with van der Waals surface area (Å²) >= 11 is 3.38. The Hall–Kier alpha value is -2.15. The third kappa shape index (κ3) is 2.88. The van der Waals surface area contributed by atoms with Crippen molar-refractivity contribution >= 4 is 33.3 Å². The maximum absolute atomic E-state index is 12.2. The van der Waals surface area contributed by atoms with E-state index >= 15 is 0 Å². The van der Waals surface area contributed by atoms with E-state index in [1.165, 1.54) is 19.5 Å². The third-order valence-corrected chi connectivity index (χ3v) is 3.12. The van der Waals surface area contributed by atoms with E-state index in [1.54, 1.807) is 6.07 Å². The fourth-order valence-corrected chi connectivity index (χ4v) is 2.28. The van der Waals surface area contributed by atoms with E-state index in [2.05, 4.69) is 31.2 Å². The van der Waals surface area contributed by atoms with E-state index in [-0.39, 0.29) is 11.5 Å². The molecule has 0 spiro atoms. The van der Waals surface area contributed by atoms with E-state index in [9.17, 15) is 4.79 Å². The van der Waals surface area contributed by atoms with Gasteiger partial charge < -0.3 is 15.8 Å². The number of halogens is 1. The van der Waals surface area contributed by atoms with Gasteiger partial charge in [-0.1, -0.05) is 15.9 Å². The van der Waals surface area contributed by atoms with Gasteiger partial charge in [0, 0.05) is 16.9 Å². The fourth-order valence-electron chi connectivity index (χ4n) is 1.73. The average molecular weight is 337 g/mol. The molecule has 0 radical (unpaired) electrons. The highest BCUT2D eigenvalue weighted by atomic mass is 79.9. The summed E-state index contributed by atoms with van der Waals surface area (Å²) in [5.74, 6) is 0.200. The number of nitrogens with two attached hydrogens (primary N) is 1. The number of aryl methyl sites for hydroxylation is 1. The lowest BCUT2D eigenvalue weighted by molar-refractivity contribution is 0.102. The molecule has 3 N–H and O–H groups in total. The summed E-state index contributed by atoms with van der Waals surface area (Å²) in [6, 6.07) is 3.64. The highest BCUT2D eigenvalue weighted by Gasteiger charge is 2.16. The Morgan fingerprint density at radius 2 is 2.05 bits per heavy atom. The van der Waals surface area contributed by atoms with Crippen LogP contribution in [-0.2, 0) is 0 Å². The molecule has 104 valence electrons. The van der Waals surface area contributed by atoms with Crippen LogP contribution in [-0.4, -0.2) is 23.0 Å². The van der Waals surface area contributed by atoms with Gasteiger partial charge in [-0.05, 0) is 24.6 Å². The molecule has 0 unspecified atom stereocenters. The van der Waals surface area contributed by atoms with Crippen LogP contribution in [0.15, 0.2) is 29.0 Å². The molecule has 2 aromatic rings. The normalized spacial score (nSPS) is 10.2. The van der Waals surface area contributed by atoms with Gasteiger partial charge in [-0.3, -0.25) is 4.79 Å². The van der Waals surface area contributed by atoms with Gasteiger partial charge in [-0.15, -0.1) is 0 Å². The second-order valence-corrected chi connectivity index (χ2v) is 4.96. The molecule has 0 saturated carbocycles. The average Bonchev–Trinajstić information content (AvgIpc) is 2.41. The van der Waals surface area contributed by atoms with Crippen molar-refractivity contribution in [3.63, 3.8) is 0 Å². The van der Waals surface area contributed by atoms with Crippen LogP contribution >= 0.6 is 15.9 Å². The molecule has 0 bridgehead atoms. The first-order valence-corrected chi connectivity index (χ1v) is 6.54. The molecule has 7 heteroatoms. The van der Waals surface area contributed by atoms with Gasteiger partial charge in [-0.25, -0.2) is 9.97 Å². The molecule has 0 atom stereocenters. The van der Waals surface area contributed by atoms with E-state index in [4.69, 9.17) is 10.5 Å². The molecule has 1 heterocycles. The molecule has 2 rings (SSSR count). The SMILES string of the molecule is COc1cc(Br)cc(C)c1NC(=O)c1nccnc1N. The summed E-state index contributed by atoms with van der Waals surface area (Å²) in [4.78, 5) is 19.9. The van der Waals surface area contributed by atoms with Crippen molar-refractivity contribution in [3.8, 4) is 5.75 Å². The van der Waals surface area contributed by atoms with Crippen LogP contribution in [0, 0.1) is 6.92 Å². The highest BCUT2D eigenvalue weighted by Crippen LogP contribution is 2.32. The summed E-state index contributed by atoms with van der Waals surface area (Å²) in [6.07, 6.45) is 2.84. The molecule has 1 aromatic carbocycles. The first-order valence-electron chi connectivity index (χ1n) is 5.75. The molecule has 0 aliphatic carbocycles. The van der Waals surface area contributed by atoms with Gasteiger partial charge >= 0.3 is 0 Å². The Morgan fingerprint density at radius 3 is 2.70 bits per heavy atom. The van der Waals surface area contributed by atoms with Crippen molar-refractivity contribution in [3.05, 3.63) is 40.3 Å². The van der Waals surface area contributed by atoms with Crippen molar-refractivity contribution < 1.29 is 9.53 Å². The van der Waals surface area contributed by atoms with Gasteiger partial charge in [0.2, 0.25) is 0 Å². The predicted octanol–water partition coefficient (Wildman–Crippen LogP) is 2.39. The van der Waals surface area contributed by atoms with Gasteiger partial charge in [-0.2, -0.15) is 0 Å². The van der Waals surface area contributed by atoms with Crippen LogP contribution in [0.1, 0.15) is 16.1 Å². The monoisotopic (exact) mass is 336 g/mol. The largest absolute Gasteiger partial charge is 0.495 e. The zero-order chi connectivity index (χ0) is 14.7. The zero-order valence-electron chi connectivity index (χ0n) is 11.0. The van der Waals surface area contributed by atoms with Crippen molar-refractivity contribution in [2.75, 3.05) is 18.2 Å². The number of hydrogen-bond donors (Lipinski definition) is 2. The summed E-state index contributed by atoms with van der Waals surface area (Å²) in [5.41, 5.74) is 7.14. The molecule has 1 aromatic heterocycles. The maximum Gasteiger partial charge on any atom is 0.278 e. The minimum absolute atomic E-state index is 0.0804. The summed E-state index contributed by atoms with van der Waals surface area (Å²) in [7, 11) is 1.54. The highest BCUT2D eigenvalue weighted by molar-refractivity contribution is 9.10. The molecular weight excluding hydrogens is 324 g/mol. The number of nitrogen functional groups attached to an aromatic ring is 1. The third-order valence-electron chi connectivity index (χ3n) is 2.66. The lowest BCUT2D eigenvalue weighted by Gasteiger charge is -2.13. The Labute approximate surface area is 124 Å². The molecule has 0 saturated heterocycles. The number of hydrogen-bond acceptors (Lipinski definition) is 5. The summed E-state index contributed by atoms with van der Waals surface area (Å²) < 4.78 is 6.13. The molecule has 6 nitrogen and oxygen atoms in total. The maximum atomic E-state index is 12.2. The number of carbonyl (C=O) groups is 1. The van der Waals surface area contributed by atoms with Crippen molar-refractivity contribution in [2.24, 2.45) is 0 Å². The van der Waals surface area contributed by atoms with Crippen LogP contribution in [0.3, 0.4) is 0 Å². The number of anilines is 2. The Kier molecular flexibility index (Phi) is 4.19. The zero-order valence-corrected chi connectivity index (χ0v) is 12.6. The Morgan fingerprint density at radius 1 is 1.35 bits per heavy atom. The number of methoxy groups -OCH3 is 1. The van der Waals surface area contributed by atoms with Crippen molar-refractivity contribution in [1.82, 2.24) is 9.97 Å². The number of rotatable bonds is 3. The van der Waals surface area contributed by atoms with E-state index in [1.807, 2.05) is 13.0 Å². The number of carbonyl (C=O) groups excluding carboxylic acids is 1. The fraction of sp³-hybridized carbons (Fsp3) is 0.154. The second-order valence-electron chi connectivity index (χ2n) is 4.04. The van der Waals surface area contributed by atoms with E-state index in [0.29, 0.717) is 11.4 Å². The number of nitrogens with one attached hydrogen (secondary N) is 1. The minimum atomic E-state index is -0.431. The van der Waals surface area contributed by atoms with Crippen LogP contribution in [0.25, 0.3) is 0 Å². The Balaban J connectivity index is 2.35. The molecule has 1 amide bonds. The topological polar surface area (TPSA) is 90.1 Å². The molecule has 0 aliphatic rings. The Bertz CT molecular complexity index is 661. The van der Waals surface area contributed by atoms with Crippen LogP contribution in [0.4, 0.5) is 11.5 Å². The van der Waals surface area contributed by atoms with E-state index < -0.39 is 5.91 Å². The van der Waals surface area contributed by atoms with E-state index in [0.717, 1.165) is 10.0 Å². The number of aromatic nitrogens is 2. The summed E-state index contributed by atoms with van der Waals surface area (Å²) in [5, 5.41) is 2.75. The number of benzene rings is 1. The molecule has 0 aliphatic heterocycles. The van der Waals surface area contributed by atoms with Gasteiger partial charge in [0.1, 0.15) is 5.75 Å². The minimum Gasteiger partial charge on any atom is -0.495 e. The first kappa shape index (κ1) is 14.3. The number of ether oxygens (including phenoxy) is 1. The summed E-state index contributed by atoms with van der Waals surface area (Å²) in [6.45, 7) is 1.86. The van der Waals surface area contributed by atoms with Crippen molar-refractivity contribution in [1.29, 1.82) is 0 Å². The second kappa shape index (κ2) is 5.87. The van der Waals surface area contributed by atoms with Gasteiger partial charge in [0.05, 0.1) is 12.8 Å². The van der Waals surface area contributed by atoms with Gasteiger partial charge in [0.15, 0.2) is 11.5 Å². The standard InChI is InChI=1S/C13H13BrN4O2/c1-7-5-8(14)6-9(20-2)10(7)18-13(19)11-12(15)17-4-3-16-11/h3-6H,1-2H3,(H2,15,17)(H,18,19). The first-order chi connectivity index (χ1) is 9.52. The lowest BCUT2D eigenvalue weighted by atomic mass is 10.2. The van der Waals surface area contributed by atoms with Crippen LogP contribution < -0.4 is 15.8 Å². The van der Waals surface area contributed by atoms with Crippen molar-refractivity contribution in [2.45, 2.75) is 6.92 Å². The van der Waals surface area contributed by atoms with Crippen LogP contribution in [0.2, 0.25) is 0 Å². The molecule has 0 fully saturated rings. The smallest absolute Gasteiger partial charge is 0.278 e. The molecular formula is C13H13BrN4O2. The molecule has 20 heavy (non-hydrogen) atoms.